The summed E-state index contributed by atoms with van der Waals surface area (Å²) in [5.74, 6) is -0.241. The van der Waals surface area contributed by atoms with Crippen LogP contribution in [0.25, 0.3) is 0 Å². The number of carbonyl (C=O) groups excluding carboxylic acids is 1. The maximum atomic E-state index is 12.8. The number of aliphatic hydroxyl groups is 1. The van der Waals surface area contributed by atoms with Crippen LogP contribution >= 0.6 is 11.6 Å². The van der Waals surface area contributed by atoms with Crippen molar-refractivity contribution in [3.63, 3.8) is 0 Å². The van der Waals surface area contributed by atoms with Crippen LogP contribution in [0.4, 0.5) is 0 Å². The third-order valence-electron chi connectivity index (χ3n) is 5.45. The van der Waals surface area contributed by atoms with Gasteiger partial charge in [0.2, 0.25) is 0 Å². The van der Waals surface area contributed by atoms with Gasteiger partial charge in [0.05, 0.1) is 18.8 Å². The molecule has 0 spiro atoms. The molecule has 2 aromatic rings. The van der Waals surface area contributed by atoms with Crippen molar-refractivity contribution in [2.45, 2.75) is 50.7 Å². The minimum Gasteiger partial charge on any atom is -0.389 e. The number of amides is 1. The molecule has 1 aliphatic carbocycles. The summed E-state index contributed by atoms with van der Waals surface area (Å²) in [7, 11) is 0. The second kappa shape index (κ2) is 8.55. The second-order valence-electron chi connectivity index (χ2n) is 7.48. The van der Waals surface area contributed by atoms with Crippen molar-refractivity contribution < 1.29 is 14.6 Å². The summed E-state index contributed by atoms with van der Waals surface area (Å²) in [6.07, 6.45) is 6.48. The summed E-state index contributed by atoms with van der Waals surface area (Å²) in [6, 6.07) is 5.33. The number of rotatable bonds is 4. The Morgan fingerprint density at radius 2 is 2.18 bits per heavy atom. The fourth-order valence-electron chi connectivity index (χ4n) is 3.93. The number of fused-ring (bicyclic) bond motifs is 1. The second-order valence-corrected chi connectivity index (χ2v) is 7.86. The Labute approximate surface area is 169 Å². The molecule has 1 saturated heterocycles. The summed E-state index contributed by atoms with van der Waals surface area (Å²) in [4.78, 5) is 21.7. The smallest absolute Gasteiger partial charge is 0.270 e. The van der Waals surface area contributed by atoms with E-state index in [2.05, 4.69) is 15.3 Å². The van der Waals surface area contributed by atoms with Gasteiger partial charge in [0.15, 0.2) is 0 Å². The molecule has 148 valence electrons. The summed E-state index contributed by atoms with van der Waals surface area (Å²) in [5, 5.41) is 13.4. The summed E-state index contributed by atoms with van der Waals surface area (Å²) >= 11 is 5.90. The van der Waals surface area contributed by atoms with E-state index in [0.29, 0.717) is 30.3 Å². The highest BCUT2D eigenvalue weighted by molar-refractivity contribution is 6.29. The molecule has 6 nitrogen and oxygen atoms in total. The molecule has 1 fully saturated rings. The van der Waals surface area contributed by atoms with Gasteiger partial charge in [-0.2, -0.15) is 0 Å². The number of aryl methyl sites for hydroxylation is 1. The van der Waals surface area contributed by atoms with E-state index in [4.69, 9.17) is 16.3 Å². The third-order valence-corrected chi connectivity index (χ3v) is 5.67. The summed E-state index contributed by atoms with van der Waals surface area (Å²) < 4.78 is 5.24. The average molecular weight is 402 g/mol. The van der Waals surface area contributed by atoms with Gasteiger partial charge in [-0.1, -0.05) is 17.7 Å². The van der Waals surface area contributed by atoms with Crippen LogP contribution in [0, 0.1) is 0 Å². The molecule has 0 unspecified atom stereocenters. The van der Waals surface area contributed by atoms with Gasteiger partial charge in [-0.3, -0.25) is 4.79 Å². The number of halogens is 1. The molecule has 3 heterocycles. The maximum absolute atomic E-state index is 12.8. The van der Waals surface area contributed by atoms with E-state index in [1.807, 2.05) is 12.1 Å². The topological polar surface area (TPSA) is 84.3 Å². The van der Waals surface area contributed by atoms with Crippen molar-refractivity contribution >= 4 is 17.5 Å². The third kappa shape index (κ3) is 4.35. The monoisotopic (exact) mass is 401 g/mol. The minimum absolute atomic E-state index is 0.241. The van der Waals surface area contributed by atoms with Crippen molar-refractivity contribution in [1.82, 2.24) is 15.3 Å². The van der Waals surface area contributed by atoms with E-state index in [1.54, 1.807) is 12.3 Å². The quantitative estimate of drug-likeness (QED) is 0.769. The lowest BCUT2D eigenvalue weighted by Gasteiger charge is -2.28. The van der Waals surface area contributed by atoms with E-state index in [1.165, 1.54) is 5.56 Å². The van der Waals surface area contributed by atoms with Crippen LogP contribution < -0.4 is 5.32 Å². The van der Waals surface area contributed by atoms with Crippen molar-refractivity contribution in [1.29, 1.82) is 0 Å². The van der Waals surface area contributed by atoms with Gasteiger partial charge in [-0.15, -0.1) is 0 Å². The Morgan fingerprint density at radius 3 is 2.96 bits per heavy atom. The van der Waals surface area contributed by atoms with E-state index in [-0.39, 0.29) is 18.6 Å². The molecular weight excluding hydrogens is 378 g/mol. The van der Waals surface area contributed by atoms with Crippen molar-refractivity contribution in [3.05, 3.63) is 57.6 Å². The lowest BCUT2D eigenvalue weighted by Crippen LogP contribution is -2.48. The summed E-state index contributed by atoms with van der Waals surface area (Å²) in [5.41, 5.74) is 4.85. The normalized spacial score (nSPS) is 21.8. The van der Waals surface area contributed by atoms with Crippen LogP contribution in [0.1, 0.15) is 52.1 Å². The zero-order valence-electron chi connectivity index (χ0n) is 15.7. The molecule has 2 atom stereocenters. The standard InChI is InChI=1S/C21H24ClN3O3/c22-20-6-5-13(11-23-20)9-14-10-18(24-16-4-2-1-3-15(14)16)21(27)25-17-7-8-28-12-19(17)26/h5-6,10-11,17,19,26H,1-4,7-9,12H2,(H,25,27)/t17-,19-/m0/s1. The highest BCUT2D eigenvalue weighted by Gasteiger charge is 2.27. The number of ether oxygens (including phenoxy) is 1. The SMILES string of the molecule is O=C(N[C@H]1CCOC[C@@H]1O)c1cc(Cc2ccc(Cl)nc2)c2c(n1)CCCC2. The minimum atomic E-state index is -0.685. The molecule has 4 rings (SSSR count). The van der Waals surface area contributed by atoms with E-state index in [9.17, 15) is 9.90 Å². The number of nitrogens with one attached hydrogen (secondary N) is 1. The van der Waals surface area contributed by atoms with Crippen LogP contribution in [0.5, 0.6) is 0 Å². The van der Waals surface area contributed by atoms with Gasteiger partial charge in [0.1, 0.15) is 10.8 Å². The molecule has 0 aromatic carbocycles. The molecule has 0 saturated carbocycles. The molecule has 2 aromatic heterocycles. The van der Waals surface area contributed by atoms with E-state index < -0.39 is 6.10 Å². The van der Waals surface area contributed by atoms with Gasteiger partial charge in [-0.05, 0) is 67.3 Å². The number of nitrogens with zero attached hydrogens (tertiary/aromatic N) is 2. The first-order valence-corrected chi connectivity index (χ1v) is 10.2. The molecule has 2 aliphatic rings. The number of hydrogen-bond donors (Lipinski definition) is 2. The van der Waals surface area contributed by atoms with Gasteiger partial charge in [0.25, 0.3) is 5.91 Å². The van der Waals surface area contributed by atoms with Gasteiger partial charge in [0, 0.05) is 18.5 Å². The predicted molar refractivity (Wildman–Crippen MR) is 106 cm³/mol. The first-order chi connectivity index (χ1) is 13.6. The largest absolute Gasteiger partial charge is 0.389 e. The fourth-order valence-corrected chi connectivity index (χ4v) is 4.04. The van der Waals surface area contributed by atoms with Crippen LogP contribution in [0.3, 0.4) is 0 Å². The van der Waals surface area contributed by atoms with Crippen LogP contribution in [-0.4, -0.2) is 46.3 Å². The highest BCUT2D eigenvalue weighted by Crippen LogP contribution is 2.26. The number of carbonyl (C=O) groups is 1. The Bertz CT molecular complexity index is 857. The predicted octanol–water partition coefficient (Wildman–Crippen LogP) is 2.48. The van der Waals surface area contributed by atoms with Crippen molar-refractivity contribution in [2.75, 3.05) is 13.2 Å². The van der Waals surface area contributed by atoms with E-state index >= 15 is 0 Å². The zero-order chi connectivity index (χ0) is 19.5. The Morgan fingerprint density at radius 1 is 1.32 bits per heavy atom. The molecule has 7 heteroatoms. The zero-order valence-corrected chi connectivity index (χ0v) is 16.4. The lowest BCUT2D eigenvalue weighted by atomic mass is 9.89. The highest BCUT2D eigenvalue weighted by atomic mass is 35.5. The molecule has 1 aliphatic heterocycles. The first kappa shape index (κ1) is 19.3. The van der Waals surface area contributed by atoms with Gasteiger partial charge >= 0.3 is 0 Å². The molecule has 28 heavy (non-hydrogen) atoms. The Balaban J connectivity index is 1.60. The van der Waals surface area contributed by atoms with Gasteiger partial charge < -0.3 is 15.2 Å². The van der Waals surface area contributed by atoms with Crippen LogP contribution in [0.2, 0.25) is 5.15 Å². The molecule has 2 N–H and O–H groups in total. The summed E-state index contributed by atoms with van der Waals surface area (Å²) in [6.45, 7) is 0.784. The molecule has 1 amide bonds. The Kier molecular flexibility index (Phi) is 5.90. The number of aliphatic hydroxyl groups excluding tert-OH is 1. The first-order valence-electron chi connectivity index (χ1n) is 9.79. The van der Waals surface area contributed by atoms with Crippen LogP contribution in [-0.2, 0) is 24.0 Å². The number of hydrogen-bond acceptors (Lipinski definition) is 5. The number of aromatic nitrogens is 2. The molecule has 0 bridgehead atoms. The molecular formula is C21H24ClN3O3. The van der Waals surface area contributed by atoms with Crippen molar-refractivity contribution in [3.8, 4) is 0 Å². The van der Waals surface area contributed by atoms with Gasteiger partial charge in [-0.25, -0.2) is 9.97 Å². The number of pyridine rings is 2. The molecule has 0 radical (unpaired) electrons. The van der Waals surface area contributed by atoms with E-state index in [0.717, 1.165) is 42.5 Å². The maximum Gasteiger partial charge on any atom is 0.270 e. The lowest BCUT2D eigenvalue weighted by molar-refractivity contribution is -0.0261. The van der Waals surface area contributed by atoms with Crippen LogP contribution in [0.15, 0.2) is 24.4 Å². The average Bonchev–Trinajstić information content (AvgIpc) is 2.71. The van der Waals surface area contributed by atoms with Crippen molar-refractivity contribution in [2.24, 2.45) is 0 Å². The fraction of sp³-hybridized carbons (Fsp3) is 0.476. The Hall–Kier alpha value is -2.02.